The number of nitrogens with zero attached hydrogens (tertiary/aromatic N) is 4. The lowest BCUT2D eigenvalue weighted by Gasteiger charge is -2.19. The fourth-order valence-corrected chi connectivity index (χ4v) is 2.30. The van der Waals surface area contributed by atoms with Crippen LogP contribution in [0.2, 0.25) is 0 Å². The van der Waals surface area contributed by atoms with E-state index >= 15 is 0 Å². The fourth-order valence-electron chi connectivity index (χ4n) is 2.30. The van der Waals surface area contributed by atoms with Crippen LogP contribution in [0.3, 0.4) is 0 Å². The maximum absolute atomic E-state index is 12.8. The molecule has 136 valence electrons. The Labute approximate surface area is 142 Å². The second-order valence-electron chi connectivity index (χ2n) is 6.13. The summed E-state index contributed by atoms with van der Waals surface area (Å²) < 4.78 is 27.4. The van der Waals surface area contributed by atoms with E-state index in [0.29, 0.717) is 21.6 Å². The molecule has 2 N–H and O–H groups in total. The summed E-state index contributed by atoms with van der Waals surface area (Å²) in [6, 6.07) is 0. The Bertz CT molecular complexity index is 810. The van der Waals surface area contributed by atoms with Gasteiger partial charge in [0.1, 0.15) is 0 Å². The van der Waals surface area contributed by atoms with Gasteiger partial charge in [0.05, 0.1) is 24.0 Å². The number of carboxylic acids is 1. The Morgan fingerprint density at radius 2 is 2.00 bits per heavy atom. The van der Waals surface area contributed by atoms with E-state index in [4.69, 9.17) is 0 Å². The minimum Gasteiger partial charge on any atom is -0.479 e. The van der Waals surface area contributed by atoms with Crippen LogP contribution in [0.25, 0.3) is 0 Å². The van der Waals surface area contributed by atoms with Crippen LogP contribution < -0.4 is 5.32 Å². The Morgan fingerprint density at radius 3 is 2.52 bits per heavy atom. The average molecular weight is 355 g/mol. The van der Waals surface area contributed by atoms with Crippen molar-refractivity contribution in [2.45, 2.75) is 46.2 Å². The van der Waals surface area contributed by atoms with E-state index < -0.39 is 24.0 Å². The maximum atomic E-state index is 12.8. The summed E-state index contributed by atoms with van der Waals surface area (Å²) in [5.74, 6) is -1.51. The molecule has 0 atom stereocenters. The maximum Gasteiger partial charge on any atom is 0.333 e. The van der Waals surface area contributed by atoms with Gasteiger partial charge in [-0.1, -0.05) is 0 Å². The Kier molecular flexibility index (Phi) is 4.91. The highest BCUT2D eigenvalue weighted by Crippen LogP contribution is 2.21. The van der Waals surface area contributed by atoms with Crippen molar-refractivity contribution in [3.05, 3.63) is 29.3 Å². The second-order valence-corrected chi connectivity index (χ2v) is 6.13. The van der Waals surface area contributed by atoms with Crippen molar-refractivity contribution in [1.82, 2.24) is 19.6 Å². The number of halogens is 2. The molecule has 0 saturated heterocycles. The van der Waals surface area contributed by atoms with Crippen LogP contribution in [0.1, 0.15) is 37.3 Å². The van der Waals surface area contributed by atoms with Crippen molar-refractivity contribution < 1.29 is 23.5 Å². The summed E-state index contributed by atoms with van der Waals surface area (Å²) >= 11 is 0. The smallest absolute Gasteiger partial charge is 0.333 e. The number of carbonyl (C=O) groups is 2. The topological polar surface area (TPSA) is 102 Å². The van der Waals surface area contributed by atoms with E-state index in [0.717, 1.165) is 0 Å². The standard InChI is InChI=1S/C15H19F2N5O3/c1-8-11(9(2)22(20-8)14(16)17)5-12(23)19-10-6-18-21(7-10)15(3,4)13(24)25/h6-7,14H,5H2,1-4H3,(H,19,23)(H,24,25). The summed E-state index contributed by atoms with van der Waals surface area (Å²) in [5.41, 5.74) is 0.0575. The van der Waals surface area contributed by atoms with Gasteiger partial charge in [-0.25, -0.2) is 9.48 Å². The lowest BCUT2D eigenvalue weighted by Crippen LogP contribution is -2.35. The lowest BCUT2D eigenvalue weighted by molar-refractivity contribution is -0.146. The third kappa shape index (κ3) is 3.67. The van der Waals surface area contributed by atoms with Gasteiger partial charge in [-0.05, 0) is 27.7 Å². The number of rotatable bonds is 6. The number of anilines is 1. The van der Waals surface area contributed by atoms with Crippen molar-refractivity contribution in [1.29, 1.82) is 0 Å². The van der Waals surface area contributed by atoms with Crippen LogP contribution in [-0.4, -0.2) is 36.5 Å². The molecule has 2 heterocycles. The molecule has 2 rings (SSSR count). The summed E-state index contributed by atoms with van der Waals surface area (Å²) in [5, 5.41) is 19.4. The summed E-state index contributed by atoms with van der Waals surface area (Å²) in [6.07, 6.45) is 2.59. The third-order valence-electron chi connectivity index (χ3n) is 3.96. The molecule has 2 aromatic heterocycles. The van der Waals surface area contributed by atoms with Gasteiger partial charge in [-0.15, -0.1) is 0 Å². The first-order valence-corrected chi connectivity index (χ1v) is 7.45. The third-order valence-corrected chi connectivity index (χ3v) is 3.96. The summed E-state index contributed by atoms with van der Waals surface area (Å²) in [7, 11) is 0. The predicted octanol–water partition coefficient (Wildman–Crippen LogP) is 2.09. The number of aliphatic carboxylic acids is 1. The monoisotopic (exact) mass is 355 g/mol. The van der Waals surface area contributed by atoms with Gasteiger partial charge in [-0.2, -0.15) is 19.0 Å². The number of nitrogens with one attached hydrogen (secondary N) is 1. The summed E-state index contributed by atoms with van der Waals surface area (Å²) in [4.78, 5) is 23.4. The molecule has 25 heavy (non-hydrogen) atoms. The van der Waals surface area contributed by atoms with Crippen LogP contribution in [-0.2, 0) is 21.5 Å². The molecule has 1 amide bonds. The van der Waals surface area contributed by atoms with Crippen LogP contribution in [0.5, 0.6) is 0 Å². The number of aryl methyl sites for hydroxylation is 1. The van der Waals surface area contributed by atoms with Gasteiger partial charge >= 0.3 is 12.5 Å². The van der Waals surface area contributed by atoms with Crippen molar-refractivity contribution >= 4 is 17.6 Å². The minimum atomic E-state index is -2.77. The molecular formula is C15H19F2N5O3. The number of carbonyl (C=O) groups excluding carboxylic acids is 1. The highest BCUT2D eigenvalue weighted by Gasteiger charge is 2.30. The zero-order chi connectivity index (χ0) is 18.9. The highest BCUT2D eigenvalue weighted by molar-refractivity contribution is 5.92. The van der Waals surface area contributed by atoms with Crippen molar-refractivity contribution in [2.24, 2.45) is 0 Å². The zero-order valence-corrected chi connectivity index (χ0v) is 14.2. The SMILES string of the molecule is Cc1nn(C(F)F)c(C)c1CC(=O)Nc1cnn(C(C)(C)C(=O)O)c1. The molecular weight excluding hydrogens is 336 g/mol. The number of aromatic nitrogens is 4. The molecule has 0 aliphatic rings. The Morgan fingerprint density at radius 1 is 1.36 bits per heavy atom. The first-order chi connectivity index (χ1) is 11.5. The normalized spacial score (nSPS) is 11.8. The van der Waals surface area contributed by atoms with E-state index in [-0.39, 0.29) is 12.1 Å². The highest BCUT2D eigenvalue weighted by atomic mass is 19.3. The summed E-state index contributed by atoms with van der Waals surface area (Å²) in [6.45, 7) is 3.20. The minimum absolute atomic E-state index is 0.127. The molecule has 0 radical (unpaired) electrons. The van der Waals surface area contributed by atoms with Crippen LogP contribution >= 0.6 is 0 Å². The molecule has 0 unspecified atom stereocenters. The molecule has 8 nitrogen and oxygen atoms in total. The van der Waals surface area contributed by atoms with Crippen molar-refractivity contribution in [3.8, 4) is 0 Å². The largest absolute Gasteiger partial charge is 0.479 e. The van der Waals surface area contributed by atoms with Gasteiger partial charge in [0.25, 0.3) is 0 Å². The number of alkyl halides is 2. The molecule has 0 saturated carbocycles. The molecule has 0 aliphatic carbocycles. The number of amides is 1. The molecule has 2 aromatic rings. The van der Waals surface area contributed by atoms with E-state index in [1.54, 1.807) is 6.92 Å². The molecule has 0 spiro atoms. The second kappa shape index (κ2) is 6.61. The average Bonchev–Trinajstić information content (AvgIpc) is 3.07. The number of hydrogen-bond donors (Lipinski definition) is 2. The van der Waals surface area contributed by atoms with Gasteiger partial charge in [-0.3, -0.25) is 9.48 Å². The molecule has 0 fully saturated rings. The van der Waals surface area contributed by atoms with E-state index in [9.17, 15) is 23.5 Å². The Balaban J connectivity index is 2.12. The zero-order valence-electron chi connectivity index (χ0n) is 14.2. The lowest BCUT2D eigenvalue weighted by atomic mass is 10.1. The first kappa shape index (κ1) is 18.6. The predicted molar refractivity (Wildman–Crippen MR) is 84.5 cm³/mol. The van der Waals surface area contributed by atoms with Gasteiger partial charge < -0.3 is 10.4 Å². The van der Waals surface area contributed by atoms with Gasteiger partial charge in [0.2, 0.25) is 5.91 Å². The van der Waals surface area contributed by atoms with E-state index in [2.05, 4.69) is 15.5 Å². The van der Waals surface area contributed by atoms with E-state index in [1.807, 2.05) is 0 Å². The fraction of sp³-hybridized carbons (Fsp3) is 0.467. The van der Waals surface area contributed by atoms with Crippen LogP contribution in [0.4, 0.5) is 14.5 Å². The van der Waals surface area contributed by atoms with Crippen molar-refractivity contribution in [2.75, 3.05) is 5.32 Å². The first-order valence-electron chi connectivity index (χ1n) is 7.45. The van der Waals surface area contributed by atoms with Crippen molar-refractivity contribution in [3.63, 3.8) is 0 Å². The van der Waals surface area contributed by atoms with E-state index in [1.165, 1.54) is 37.8 Å². The van der Waals surface area contributed by atoms with Gasteiger partial charge in [0, 0.05) is 17.5 Å². The number of carboxylic acid groups (broad SMARTS) is 1. The van der Waals surface area contributed by atoms with Gasteiger partial charge in [0.15, 0.2) is 5.54 Å². The quantitative estimate of drug-likeness (QED) is 0.826. The van der Waals surface area contributed by atoms with Crippen LogP contribution in [0, 0.1) is 13.8 Å². The van der Waals surface area contributed by atoms with Crippen LogP contribution in [0.15, 0.2) is 12.4 Å². The Hall–Kier alpha value is -2.78. The molecule has 0 aliphatic heterocycles. The molecule has 0 aromatic carbocycles. The molecule has 10 heteroatoms. The molecule has 0 bridgehead atoms. The number of hydrogen-bond acceptors (Lipinski definition) is 4.